The van der Waals surface area contributed by atoms with E-state index >= 15 is 0 Å². The third-order valence-electron chi connectivity index (χ3n) is 4.00. The standard InChI is InChI=1S/C22H15BrN2O5/c23-15-2-1-3-18(10-15)29-21-8-6-16(12-24-21)25-20(26)13-28-17-7-4-14-5-9-22(27)30-19(14)11-17/h1-12H,13H2,(H,25,26). The molecule has 0 atom stereocenters. The van der Waals surface area contributed by atoms with Gasteiger partial charge in [-0.15, -0.1) is 0 Å². The molecule has 7 nitrogen and oxygen atoms in total. The Hall–Kier alpha value is -3.65. The topological polar surface area (TPSA) is 90.7 Å². The number of pyridine rings is 1. The van der Waals surface area contributed by atoms with Crippen molar-refractivity contribution >= 4 is 38.5 Å². The summed E-state index contributed by atoms with van der Waals surface area (Å²) in [5.74, 6) is 1.11. The second-order valence-corrected chi connectivity index (χ2v) is 7.15. The van der Waals surface area contributed by atoms with E-state index in [9.17, 15) is 9.59 Å². The van der Waals surface area contributed by atoms with Gasteiger partial charge in [-0.1, -0.05) is 22.0 Å². The molecule has 0 aliphatic rings. The number of fused-ring (bicyclic) bond motifs is 1. The Morgan fingerprint density at radius 3 is 2.70 bits per heavy atom. The van der Waals surface area contributed by atoms with Crippen molar-refractivity contribution in [3.05, 3.63) is 87.8 Å². The fourth-order valence-electron chi connectivity index (χ4n) is 2.64. The summed E-state index contributed by atoms with van der Waals surface area (Å²) >= 11 is 3.38. The van der Waals surface area contributed by atoms with E-state index in [1.165, 1.54) is 12.3 Å². The predicted molar refractivity (Wildman–Crippen MR) is 115 cm³/mol. The average molecular weight is 467 g/mol. The van der Waals surface area contributed by atoms with E-state index < -0.39 is 5.63 Å². The number of hydrogen-bond donors (Lipinski definition) is 1. The van der Waals surface area contributed by atoms with E-state index in [0.717, 1.165) is 9.86 Å². The number of rotatable bonds is 6. The molecule has 2 aromatic heterocycles. The fraction of sp³-hybridized carbons (Fsp3) is 0.0455. The van der Waals surface area contributed by atoms with Crippen molar-refractivity contribution in [1.29, 1.82) is 0 Å². The molecule has 0 aliphatic carbocycles. The minimum Gasteiger partial charge on any atom is -0.484 e. The number of hydrogen-bond acceptors (Lipinski definition) is 6. The molecule has 1 N–H and O–H groups in total. The van der Waals surface area contributed by atoms with Crippen LogP contribution in [-0.4, -0.2) is 17.5 Å². The Labute approximate surface area is 179 Å². The number of nitrogens with one attached hydrogen (secondary N) is 1. The normalized spacial score (nSPS) is 10.6. The molecule has 150 valence electrons. The molecule has 2 aromatic carbocycles. The van der Waals surface area contributed by atoms with E-state index in [1.807, 2.05) is 24.3 Å². The van der Waals surface area contributed by atoms with Gasteiger partial charge in [0.1, 0.15) is 17.1 Å². The van der Waals surface area contributed by atoms with Crippen molar-refractivity contribution in [1.82, 2.24) is 4.98 Å². The zero-order valence-corrected chi connectivity index (χ0v) is 17.1. The number of aromatic nitrogens is 1. The highest BCUT2D eigenvalue weighted by Gasteiger charge is 2.07. The molecule has 30 heavy (non-hydrogen) atoms. The summed E-state index contributed by atoms with van der Waals surface area (Å²) in [7, 11) is 0. The lowest BCUT2D eigenvalue weighted by Crippen LogP contribution is -2.20. The van der Waals surface area contributed by atoms with Gasteiger partial charge in [-0.25, -0.2) is 9.78 Å². The van der Waals surface area contributed by atoms with Crippen LogP contribution in [0.25, 0.3) is 11.0 Å². The van der Waals surface area contributed by atoms with Crippen LogP contribution in [0.4, 0.5) is 5.69 Å². The summed E-state index contributed by atoms with van der Waals surface area (Å²) in [6.45, 7) is -0.209. The average Bonchev–Trinajstić information content (AvgIpc) is 2.73. The van der Waals surface area contributed by atoms with E-state index in [1.54, 1.807) is 36.4 Å². The van der Waals surface area contributed by atoms with Crippen molar-refractivity contribution in [3.63, 3.8) is 0 Å². The van der Waals surface area contributed by atoms with Crippen LogP contribution >= 0.6 is 15.9 Å². The molecule has 4 rings (SSSR count). The van der Waals surface area contributed by atoms with Crippen LogP contribution in [0, 0.1) is 0 Å². The Morgan fingerprint density at radius 2 is 1.90 bits per heavy atom. The van der Waals surface area contributed by atoms with Gasteiger partial charge in [0, 0.05) is 28.1 Å². The largest absolute Gasteiger partial charge is 0.484 e. The van der Waals surface area contributed by atoms with Crippen molar-refractivity contribution in [3.8, 4) is 17.4 Å². The second-order valence-electron chi connectivity index (χ2n) is 6.24. The van der Waals surface area contributed by atoms with E-state index in [4.69, 9.17) is 13.9 Å². The first-order valence-corrected chi connectivity index (χ1v) is 9.70. The molecule has 4 aromatic rings. The van der Waals surface area contributed by atoms with Crippen molar-refractivity contribution < 1.29 is 18.7 Å². The Kier molecular flexibility index (Phi) is 5.76. The number of carbonyl (C=O) groups is 1. The summed E-state index contributed by atoms with van der Waals surface area (Å²) in [5, 5.41) is 3.46. The van der Waals surface area contributed by atoms with Crippen LogP contribution in [0.3, 0.4) is 0 Å². The van der Waals surface area contributed by atoms with E-state index in [0.29, 0.717) is 28.6 Å². The molecular formula is C22H15BrN2O5. The zero-order chi connectivity index (χ0) is 20.9. The number of halogens is 1. The molecule has 8 heteroatoms. The van der Waals surface area contributed by atoms with Crippen LogP contribution < -0.4 is 20.4 Å². The zero-order valence-electron chi connectivity index (χ0n) is 15.5. The SMILES string of the molecule is O=C(COc1ccc2ccc(=O)oc2c1)Nc1ccc(Oc2cccc(Br)c2)nc1. The van der Waals surface area contributed by atoms with Crippen LogP contribution in [0.5, 0.6) is 17.4 Å². The molecule has 1 amide bonds. The van der Waals surface area contributed by atoms with Crippen molar-refractivity contribution in [2.45, 2.75) is 0 Å². The molecule has 0 aliphatic heterocycles. The van der Waals surface area contributed by atoms with Crippen LogP contribution in [0.1, 0.15) is 0 Å². The van der Waals surface area contributed by atoms with Crippen LogP contribution in [-0.2, 0) is 4.79 Å². The van der Waals surface area contributed by atoms with Gasteiger partial charge in [-0.05, 0) is 42.5 Å². The predicted octanol–water partition coefficient (Wildman–Crippen LogP) is 4.76. The lowest BCUT2D eigenvalue weighted by Gasteiger charge is -2.09. The molecule has 0 bridgehead atoms. The van der Waals surface area contributed by atoms with Gasteiger partial charge in [0.25, 0.3) is 5.91 Å². The summed E-state index contributed by atoms with van der Waals surface area (Å²) < 4.78 is 17.1. The molecule has 0 unspecified atom stereocenters. The third-order valence-corrected chi connectivity index (χ3v) is 4.50. The highest BCUT2D eigenvalue weighted by atomic mass is 79.9. The summed E-state index contributed by atoms with van der Waals surface area (Å²) in [6.07, 6.45) is 1.50. The molecule has 0 saturated carbocycles. The molecule has 0 radical (unpaired) electrons. The maximum atomic E-state index is 12.1. The third kappa shape index (κ3) is 5.03. The van der Waals surface area contributed by atoms with Gasteiger partial charge in [0.05, 0.1) is 11.9 Å². The number of amides is 1. The number of benzene rings is 2. The quantitative estimate of drug-likeness (QED) is 0.412. The molecular weight excluding hydrogens is 452 g/mol. The Morgan fingerprint density at radius 1 is 1.03 bits per heavy atom. The monoisotopic (exact) mass is 466 g/mol. The number of ether oxygens (including phenoxy) is 2. The first kappa shape index (κ1) is 19.7. The fourth-order valence-corrected chi connectivity index (χ4v) is 3.02. The number of nitrogens with zero attached hydrogens (tertiary/aromatic N) is 1. The van der Waals surface area contributed by atoms with Crippen LogP contribution in [0.2, 0.25) is 0 Å². The highest BCUT2D eigenvalue weighted by Crippen LogP contribution is 2.24. The van der Waals surface area contributed by atoms with Crippen molar-refractivity contribution in [2.24, 2.45) is 0 Å². The first-order valence-electron chi connectivity index (χ1n) is 8.91. The smallest absolute Gasteiger partial charge is 0.336 e. The maximum absolute atomic E-state index is 12.1. The van der Waals surface area contributed by atoms with Gasteiger partial charge < -0.3 is 19.2 Å². The molecule has 0 saturated heterocycles. The first-order chi connectivity index (χ1) is 14.5. The van der Waals surface area contributed by atoms with Gasteiger partial charge in [0.2, 0.25) is 5.88 Å². The lowest BCUT2D eigenvalue weighted by atomic mass is 10.2. The molecule has 2 heterocycles. The molecule has 0 spiro atoms. The Bertz CT molecular complexity index is 1250. The minimum absolute atomic E-state index is 0.209. The highest BCUT2D eigenvalue weighted by molar-refractivity contribution is 9.10. The number of carbonyl (C=O) groups excluding carboxylic acids is 1. The van der Waals surface area contributed by atoms with Crippen molar-refractivity contribution in [2.75, 3.05) is 11.9 Å². The summed E-state index contributed by atoms with van der Waals surface area (Å²) in [4.78, 5) is 27.6. The minimum atomic E-state index is -0.447. The summed E-state index contributed by atoms with van der Waals surface area (Å²) in [5.41, 5.74) is 0.456. The van der Waals surface area contributed by atoms with E-state index in [2.05, 4.69) is 26.2 Å². The number of anilines is 1. The van der Waals surface area contributed by atoms with E-state index in [-0.39, 0.29) is 12.5 Å². The van der Waals surface area contributed by atoms with Gasteiger partial charge in [0.15, 0.2) is 6.61 Å². The Balaban J connectivity index is 1.33. The lowest BCUT2D eigenvalue weighted by molar-refractivity contribution is -0.118. The summed E-state index contributed by atoms with van der Waals surface area (Å²) in [6, 6.07) is 18.8. The van der Waals surface area contributed by atoms with Gasteiger partial charge in [-0.2, -0.15) is 0 Å². The van der Waals surface area contributed by atoms with Crippen LogP contribution in [0.15, 0.2) is 86.6 Å². The molecule has 0 fully saturated rings. The maximum Gasteiger partial charge on any atom is 0.336 e. The van der Waals surface area contributed by atoms with Gasteiger partial charge >= 0.3 is 5.63 Å². The van der Waals surface area contributed by atoms with Gasteiger partial charge in [-0.3, -0.25) is 4.79 Å². The second kappa shape index (κ2) is 8.79.